The maximum atomic E-state index is 13.1. The first-order valence-electron chi connectivity index (χ1n) is 9.73. The van der Waals surface area contributed by atoms with Gasteiger partial charge in [0.15, 0.2) is 0 Å². The maximum Gasteiger partial charge on any atom is 0.400 e. The fourth-order valence-electron chi connectivity index (χ4n) is 4.07. The Morgan fingerprint density at radius 3 is 2.71 bits per heavy atom. The summed E-state index contributed by atoms with van der Waals surface area (Å²) in [6, 6.07) is 3.75. The summed E-state index contributed by atoms with van der Waals surface area (Å²) in [7, 11) is -6.37. The standard InChI is InChI=1S/C18H22N2O9S2/c1-27-10-12-3-2-7-20(12)30(23,24)14-4-5-16-15(9-14)17(21)18(22)19(16)8-6-13-11-28-31(25,26)29-13/h4-5,9,12-13H,2-3,6-8,10-11H2,1H3/t12-,13+/m0/s1. The third kappa shape index (κ3) is 4.13. The van der Waals surface area contributed by atoms with Gasteiger partial charge in [0.05, 0.1) is 29.4 Å². The predicted octanol–water partition coefficient (Wildman–Crippen LogP) is 0.0657. The third-order valence-corrected chi connectivity index (χ3v) is 8.44. The Labute approximate surface area is 180 Å². The SMILES string of the molecule is COC[C@@H]1CCCN1S(=O)(=O)c1ccc2c(c1)C(=O)C(=O)N2CC[C@@H]1COS(=O)(=O)O1. The number of hydrogen-bond acceptors (Lipinski definition) is 9. The fourth-order valence-corrected chi connectivity index (χ4v) is 6.63. The summed E-state index contributed by atoms with van der Waals surface area (Å²) in [6.45, 7) is 0.493. The lowest BCUT2D eigenvalue weighted by molar-refractivity contribution is -0.114. The number of sulfonamides is 1. The van der Waals surface area contributed by atoms with Crippen LogP contribution in [0.15, 0.2) is 23.1 Å². The molecule has 2 fully saturated rings. The summed E-state index contributed by atoms with van der Waals surface area (Å²) >= 11 is 0. The van der Waals surface area contributed by atoms with Gasteiger partial charge in [-0.1, -0.05) is 0 Å². The molecule has 1 aromatic rings. The Hall–Kier alpha value is -1.90. The molecule has 31 heavy (non-hydrogen) atoms. The van der Waals surface area contributed by atoms with E-state index in [9.17, 15) is 26.4 Å². The summed E-state index contributed by atoms with van der Waals surface area (Å²) in [5, 5.41) is 0. The van der Waals surface area contributed by atoms with Crippen LogP contribution in [0.3, 0.4) is 0 Å². The zero-order valence-electron chi connectivity index (χ0n) is 16.7. The number of rotatable bonds is 7. The second kappa shape index (κ2) is 8.22. The Morgan fingerprint density at radius 2 is 2.03 bits per heavy atom. The van der Waals surface area contributed by atoms with Gasteiger partial charge in [0.1, 0.15) is 6.10 Å². The molecule has 0 aliphatic carbocycles. The van der Waals surface area contributed by atoms with E-state index in [0.717, 1.165) is 0 Å². The molecule has 0 aromatic heterocycles. The summed E-state index contributed by atoms with van der Waals surface area (Å²) in [5.74, 6) is -1.61. The molecule has 0 unspecified atom stereocenters. The second-order valence-electron chi connectivity index (χ2n) is 7.53. The maximum absolute atomic E-state index is 13.1. The lowest BCUT2D eigenvalue weighted by Gasteiger charge is -2.24. The first kappa shape index (κ1) is 22.3. The Morgan fingerprint density at radius 1 is 1.26 bits per heavy atom. The highest BCUT2D eigenvalue weighted by atomic mass is 32.3. The Balaban J connectivity index is 1.55. The van der Waals surface area contributed by atoms with E-state index in [4.69, 9.17) is 8.92 Å². The van der Waals surface area contributed by atoms with Crippen LogP contribution in [0.5, 0.6) is 0 Å². The van der Waals surface area contributed by atoms with E-state index in [-0.39, 0.29) is 48.4 Å². The molecule has 13 heteroatoms. The minimum absolute atomic E-state index is 0.00442. The molecule has 0 bridgehead atoms. The molecule has 0 N–H and O–H groups in total. The Kier molecular flexibility index (Phi) is 5.91. The van der Waals surface area contributed by atoms with Gasteiger partial charge in [-0.15, -0.1) is 0 Å². The van der Waals surface area contributed by atoms with Gasteiger partial charge in [-0.3, -0.25) is 9.59 Å². The zero-order chi connectivity index (χ0) is 22.4. The number of benzene rings is 1. The van der Waals surface area contributed by atoms with Crippen LogP contribution in [-0.4, -0.2) is 78.4 Å². The van der Waals surface area contributed by atoms with E-state index in [1.165, 1.54) is 34.5 Å². The number of ether oxygens (including phenoxy) is 1. The normalized spacial score (nSPS) is 26.0. The van der Waals surface area contributed by atoms with Crippen LogP contribution in [0.25, 0.3) is 0 Å². The highest BCUT2D eigenvalue weighted by molar-refractivity contribution is 7.89. The number of fused-ring (bicyclic) bond motifs is 1. The molecule has 3 heterocycles. The van der Waals surface area contributed by atoms with Crippen molar-refractivity contribution in [1.29, 1.82) is 0 Å². The number of hydrogen-bond donors (Lipinski definition) is 0. The molecule has 1 amide bonds. The minimum Gasteiger partial charge on any atom is -0.383 e. The van der Waals surface area contributed by atoms with Crippen LogP contribution in [-0.2, 0) is 38.3 Å². The zero-order valence-corrected chi connectivity index (χ0v) is 18.4. The van der Waals surface area contributed by atoms with Crippen LogP contribution in [0, 0.1) is 0 Å². The van der Waals surface area contributed by atoms with Crippen molar-refractivity contribution in [3.8, 4) is 0 Å². The fraction of sp³-hybridized carbons (Fsp3) is 0.556. The highest BCUT2D eigenvalue weighted by Gasteiger charge is 2.40. The number of anilines is 1. The number of Topliss-reactive ketones (excluding diaryl/α,β-unsaturated/α-hetero) is 1. The average Bonchev–Trinajstić information content (AvgIpc) is 3.39. The number of amides is 1. The van der Waals surface area contributed by atoms with Gasteiger partial charge >= 0.3 is 10.4 Å². The van der Waals surface area contributed by atoms with Crippen LogP contribution in [0.4, 0.5) is 5.69 Å². The van der Waals surface area contributed by atoms with Gasteiger partial charge in [-0.05, 0) is 37.5 Å². The number of ketones is 1. The van der Waals surface area contributed by atoms with E-state index in [1.54, 1.807) is 0 Å². The Bertz CT molecular complexity index is 1120. The molecule has 0 radical (unpaired) electrons. The number of carbonyl (C=O) groups excluding carboxylic acids is 2. The summed E-state index contributed by atoms with van der Waals surface area (Å²) in [4.78, 5) is 26.1. The van der Waals surface area contributed by atoms with Gasteiger partial charge in [-0.25, -0.2) is 16.8 Å². The molecule has 2 saturated heterocycles. The molecule has 3 aliphatic rings. The van der Waals surface area contributed by atoms with Crippen LogP contribution in [0.1, 0.15) is 29.6 Å². The van der Waals surface area contributed by atoms with Crippen molar-refractivity contribution < 1.29 is 39.5 Å². The van der Waals surface area contributed by atoms with Crippen molar-refractivity contribution in [2.75, 3.05) is 38.3 Å². The topological polar surface area (TPSA) is 137 Å². The smallest absolute Gasteiger partial charge is 0.383 e. The molecule has 4 rings (SSSR count). The molecular weight excluding hydrogens is 452 g/mol. The van der Waals surface area contributed by atoms with E-state index in [1.807, 2.05) is 0 Å². The summed E-state index contributed by atoms with van der Waals surface area (Å²) in [5.41, 5.74) is 0.287. The van der Waals surface area contributed by atoms with Crippen molar-refractivity contribution in [2.45, 2.75) is 36.3 Å². The van der Waals surface area contributed by atoms with Crippen LogP contribution in [0.2, 0.25) is 0 Å². The van der Waals surface area contributed by atoms with E-state index < -0.39 is 38.2 Å². The number of carbonyl (C=O) groups is 2. The van der Waals surface area contributed by atoms with E-state index in [0.29, 0.717) is 19.4 Å². The molecule has 0 spiro atoms. The monoisotopic (exact) mass is 474 g/mol. The molecule has 3 aliphatic heterocycles. The van der Waals surface area contributed by atoms with E-state index in [2.05, 4.69) is 4.18 Å². The minimum atomic E-state index is -4.02. The molecule has 170 valence electrons. The largest absolute Gasteiger partial charge is 0.400 e. The van der Waals surface area contributed by atoms with Gasteiger partial charge in [0, 0.05) is 26.2 Å². The first-order valence-corrected chi connectivity index (χ1v) is 12.5. The molecule has 2 atom stereocenters. The molecule has 11 nitrogen and oxygen atoms in total. The molecule has 1 aromatic carbocycles. The molecular formula is C18H22N2O9S2. The quantitative estimate of drug-likeness (QED) is 0.503. The average molecular weight is 475 g/mol. The van der Waals surface area contributed by atoms with Crippen LogP contribution >= 0.6 is 0 Å². The van der Waals surface area contributed by atoms with Crippen molar-refractivity contribution in [3.05, 3.63) is 23.8 Å². The predicted molar refractivity (Wildman–Crippen MR) is 106 cm³/mol. The highest BCUT2D eigenvalue weighted by Crippen LogP contribution is 2.34. The van der Waals surface area contributed by atoms with E-state index >= 15 is 0 Å². The number of methoxy groups -OCH3 is 1. The number of nitrogens with zero attached hydrogens (tertiary/aromatic N) is 2. The third-order valence-electron chi connectivity index (χ3n) is 5.56. The lowest BCUT2D eigenvalue weighted by atomic mass is 10.1. The second-order valence-corrected chi connectivity index (χ2v) is 10.7. The van der Waals surface area contributed by atoms with Crippen molar-refractivity contribution >= 4 is 37.8 Å². The van der Waals surface area contributed by atoms with Gasteiger partial charge < -0.3 is 9.64 Å². The lowest BCUT2D eigenvalue weighted by Crippen LogP contribution is -2.38. The van der Waals surface area contributed by atoms with Gasteiger partial charge in [-0.2, -0.15) is 12.7 Å². The van der Waals surface area contributed by atoms with Crippen LogP contribution < -0.4 is 4.90 Å². The van der Waals surface area contributed by atoms with Gasteiger partial charge in [0.25, 0.3) is 11.7 Å². The summed E-state index contributed by atoms with van der Waals surface area (Å²) < 4.78 is 64.4. The van der Waals surface area contributed by atoms with Crippen molar-refractivity contribution in [1.82, 2.24) is 4.31 Å². The first-order chi connectivity index (χ1) is 14.6. The van der Waals surface area contributed by atoms with Gasteiger partial charge in [0.2, 0.25) is 10.0 Å². The van der Waals surface area contributed by atoms with Crippen molar-refractivity contribution in [3.63, 3.8) is 0 Å². The molecule has 0 saturated carbocycles. The van der Waals surface area contributed by atoms with Crippen molar-refractivity contribution in [2.24, 2.45) is 0 Å². The summed E-state index contributed by atoms with van der Waals surface area (Å²) in [6.07, 6.45) is 0.770.